The summed E-state index contributed by atoms with van der Waals surface area (Å²) in [5.41, 5.74) is 0.374. The van der Waals surface area contributed by atoms with Crippen LogP contribution >= 0.6 is 0 Å². The van der Waals surface area contributed by atoms with Crippen molar-refractivity contribution in [2.75, 3.05) is 18.4 Å². The van der Waals surface area contributed by atoms with E-state index in [0.29, 0.717) is 44.5 Å². The molecule has 0 radical (unpaired) electrons. The van der Waals surface area contributed by atoms with Crippen molar-refractivity contribution in [3.8, 4) is 0 Å². The molecular weight excluding hydrogens is 454 g/mol. The number of rotatable bonds is 5. The molecule has 0 bridgehead atoms. The lowest BCUT2D eigenvalue weighted by Gasteiger charge is -2.35. The van der Waals surface area contributed by atoms with Crippen LogP contribution in [0.5, 0.6) is 0 Å². The van der Waals surface area contributed by atoms with Crippen LogP contribution in [0, 0.1) is 5.92 Å². The van der Waals surface area contributed by atoms with Crippen LogP contribution in [0.4, 0.5) is 5.69 Å². The molecule has 8 nitrogen and oxygen atoms in total. The highest BCUT2D eigenvalue weighted by molar-refractivity contribution is 7.92. The zero-order valence-electron chi connectivity index (χ0n) is 19.6. The fourth-order valence-corrected chi connectivity index (χ4v) is 7.26. The zero-order chi connectivity index (χ0) is 24.1. The summed E-state index contributed by atoms with van der Waals surface area (Å²) in [6.07, 6.45) is 9.91. The number of benzene rings is 1. The zero-order valence-corrected chi connectivity index (χ0v) is 20.4. The molecule has 1 aliphatic heterocycles. The molecule has 0 unspecified atom stereocenters. The molecule has 3 amide bonds. The van der Waals surface area contributed by atoms with Crippen LogP contribution < -0.4 is 10.6 Å². The van der Waals surface area contributed by atoms with E-state index in [1.807, 2.05) is 4.90 Å². The summed E-state index contributed by atoms with van der Waals surface area (Å²) in [5, 5.41) is 4.97. The summed E-state index contributed by atoms with van der Waals surface area (Å²) < 4.78 is 25.4. The molecule has 1 aromatic rings. The van der Waals surface area contributed by atoms with Gasteiger partial charge in [0.2, 0.25) is 5.91 Å². The summed E-state index contributed by atoms with van der Waals surface area (Å²) in [6, 6.07) is 5.86. The molecular formula is C25H35N3O5S. The fraction of sp³-hybridized carbons (Fsp3) is 0.640. The number of hydrogen-bond donors (Lipinski definition) is 2. The summed E-state index contributed by atoms with van der Waals surface area (Å²) in [4.78, 5) is 39.6. The van der Waals surface area contributed by atoms with Gasteiger partial charge in [-0.15, -0.1) is 0 Å². The number of nitrogens with zero attached hydrogens (tertiary/aromatic N) is 1. The first-order valence-corrected chi connectivity index (χ1v) is 14.1. The van der Waals surface area contributed by atoms with E-state index in [-0.39, 0.29) is 28.0 Å². The Hall–Kier alpha value is -2.42. The van der Waals surface area contributed by atoms with Crippen LogP contribution in [0.2, 0.25) is 0 Å². The minimum absolute atomic E-state index is 0.144. The topological polar surface area (TPSA) is 113 Å². The SMILES string of the molecule is O=C(Nc1ccc(S(=O)(=O)C2CCCC2)cc1)C(=O)NC1CCN(C(=O)C2CCCCC2)CC1. The monoisotopic (exact) mass is 489 g/mol. The number of carbonyl (C=O) groups excluding carboxylic acids is 3. The molecule has 34 heavy (non-hydrogen) atoms. The number of carbonyl (C=O) groups is 3. The lowest BCUT2D eigenvalue weighted by molar-refractivity contribution is -0.139. The van der Waals surface area contributed by atoms with Crippen LogP contribution in [0.1, 0.15) is 70.6 Å². The molecule has 0 aromatic heterocycles. The first kappa shape index (κ1) is 24.7. The second-order valence-electron chi connectivity index (χ2n) is 9.84. The molecule has 1 aromatic carbocycles. The predicted octanol–water partition coefficient (Wildman–Crippen LogP) is 3.03. The molecule has 3 aliphatic rings. The molecule has 2 N–H and O–H groups in total. The molecule has 2 saturated carbocycles. The van der Waals surface area contributed by atoms with E-state index in [9.17, 15) is 22.8 Å². The van der Waals surface area contributed by atoms with Gasteiger partial charge in [0.15, 0.2) is 9.84 Å². The highest BCUT2D eigenvalue weighted by Crippen LogP contribution is 2.30. The van der Waals surface area contributed by atoms with Crippen molar-refractivity contribution < 1.29 is 22.8 Å². The third kappa shape index (κ3) is 5.79. The smallest absolute Gasteiger partial charge is 0.313 e. The lowest BCUT2D eigenvalue weighted by Crippen LogP contribution is -2.50. The van der Waals surface area contributed by atoms with Crippen molar-refractivity contribution in [3.63, 3.8) is 0 Å². The number of anilines is 1. The maximum atomic E-state index is 12.7. The number of sulfone groups is 1. The van der Waals surface area contributed by atoms with Gasteiger partial charge in [-0.25, -0.2) is 8.42 Å². The van der Waals surface area contributed by atoms with Gasteiger partial charge in [-0.3, -0.25) is 14.4 Å². The molecule has 3 fully saturated rings. The number of nitrogens with one attached hydrogen (secondary N) is 2. The van der Waals surface area contributed by atoms with E-state index in [1.165, 1.54) is 30.7 Å². The van der Waals surface area contributed by atoms with Crippen LogP contribution in [0.25, 0.3) is 0 Å². The number of likely N-dealkylation sites (tertiary alicyclic amines) is 1. The van der Waals surface area contributed by atoms with Gasteiger partial charge in [-0.2, -0.15) is 0 Å². The van der Waals surface area contributed by atoms with E-state index in [4.69, 9.17) is 0 Å². The van der Waals surface area contributed by atoms with E-state index >= 15 is 0 Å². The number of amides is 3. The number of hydrogen-bond acceptors (Lipinski definition) is 5. The summed E-state index contributed by atoms with van der Waals surface area (Å²) in [7, 11) is -3.36. The molecule has 9 heteroatoms. The highest BCUT2D eigenvalue weighted by Gasteiger charge is 2.31. The van der Waals surface area contributed by atoms with Crippen molar-refractivity contribution in [1.29, 1.82) is 0 Å². The minimum Gasteiger partial charge on any atom is -0.345 e. The predicted molar refractivity (Wildman–Crippen MR) is 129 cm³/mol. The molecule has 1 saturated heterocycles. The largest absolute Gasteiger partial charge is 0.345 e. The van der Waals surface area contributed by atoms with Crippen LogP contribution in [0.15, 0.2) is 29.2 Å². The molecule has 0 spiro atoms. The molecule has 2 aliphatic carbocycles. The average Bonchev–Trinajstić information content (AvgIpc) is 3.41. The van der Waals surface area contributed by atoms with E-state index in [0.717, 1.165) is 38.5 Å². The lowest BCUT2D eigenvalue weighted by atomic mass is 9.87. The summed E-state index contributed by atoms with van der Waals surface area (Å²) in [6.45, 7) is 1.19. The Balaban J connectivity index is 1.23. The van der Waals surface area contributed by atoms with Gasteiger partial charge in [0.25, 0.3) is 0 Å². The Morgan fingerprint density at radius 1 is 0.765 bits per heavy atom. The summed E-state index contributed by atoms with van der Waals surface area (Å²) in [5.74, 6) is -1.13. The van der Waals surface area contributed by atoms with Crippen molar-refractivity contribution in [2.45, 2.75) is 86.8 Å². The standard InChI is InChI=1S/C25H35N3O5S/c29-23(26-19-10-12-22(13-11-19)34(32,33)21-8-4-5-9-21)24(30)27-20-14-16-28(17-15-20)25(31)18-6-2-1-3-7-18/h10-13,18,20-21H,1-9,14-17H2,(H,26,29)(H,27,30). The third-order valence-electron chi connectivity index (χ3n) is 7.48. The highest BCUT2D eigenvalue weighted by atomic mass is 32.2. The average molecular weight is 490 g/mol. The Morgan fingerprint density at radius 3 is 1.97 bits per heavy atom. The summed E-state index contributed by atoms with van der Waals surface area (Å²) >= 11 is 0. The van der Waals surface area contributed by atoms with Crippen LogP contribution in [0.3, 0.4) is 0 Å². The second kappa shape index (κ2) is 10.9. The van der Waals surface area contributed by atoms with Crippen LogP contribution in [-0.4, -0.2) is 55.4 Å². The van der Waals surface area contributed by atoms with Crippen molar-refractivity contribution in [2.24, 2.45) is 5.92 Å². The molecule has 4 rings (SSSR count). The Kier molecular flexibility index (Phi) is 7.91. The van der Waals surface area contributed by atoms with Gasteiger partial charge in [0.1, 0.15) is 0 Å². The minimum atomic E-state index is -3.36. The van der Waals surface area contributed by atoms with Gasteiger partial charge in [0.05, 0.1) is 10.1 Å². The maximum Gasteiger partial charge on any atom is 0.313 e. The molecule has 0 atom stereocenters. The van der Waals surface area contributed by atoms with Gasteiger partial charge in [-0.1, -0.05) is 32.1 Å². The van der Waals surface area contributed by atoms with Crippen molar-refractivity contribution >= 4 is 33.2 Å². The second-order valence-corrected chi connectivity index (χ2v) is 12.1. The normalized spacial score (nSPS) is 20.8. The first-order chi connectivity index (χ1) is 16.3. The molecule has 186 valence electrons. The maximum absolute atomic E-state index is 12.7. The van der Waals surface area contributed by atoms with E-state index in [1.54, 1.807) is 0 Å². The van der Waals surface area contributed by atoms with Gasteiger partial charge < -0.3 is 15.5 Å². The Morgan fingerprint density at radius 2 is 1.35 bits per heavy atom. The Labute approximate surface area is 201 Å². The quantitative estimate of drug-likeness (QED) is 0.618. The van der Waals surface area contributed by atoms with E-state index in [2.05, 4.69) is 10.6 Å². The van der Waals surface area contributed by atoms with Crippen LogP contribution in [-0.2, 0) is 24.2 Å². The van der Waals surface area contributed by atoms with Crippen molar-refractivity contribution in [1.82, 2.24) is 10.2 Å². The first-order valence-electron chi connectivity index (χ1n) is 12.6. The van der Waals surface area contributed by atoms with Crippen molar-refractivity contribution in [3.05, 3.63) is 24.3 Å². The van der Waals surface area contributed by atoms with E-state index < -0.39 is 21.7 Å². The molecule has 1 heterocycles. The van der Waals surface area contributed by atoms with Gasteiger partial charge in [-0.05, 0) is 62.8 Å². The van der Waals surface area contributed by atoms with Gasteiger partial charge in [0, 0.05) is 30.7 Å². The van der Waals surface area contributed by atoms with Gasteiger partial charge >= 0.3 is 11.8 Å². The third-order valence-corrected chi connectivity index (χ3v) is 9.76. The fourth-order valence-electron chi connectivity index (χ4n) is 5.41. The Bertz CT molecular complexity index is 988. The number of piperidine rings is 1.